The molecule has 0 bridgehead atoms. The van der Waals surface area contributed by atoms with E-state index in [1.165, 1.54) is 52.1 Å². The summed E-state index contributed by atoms with van der Waals surface area (Å²) < 4.78 is 76.5. The van der Waals surface area contributed by atoms with Crippen LogP contribution in [-0.2, 0) is 65.5 Å². The van der Waals surface area contributed by atoms with E-state index in [2.05, 4.69) is 87.5 Å². The second-order valence-electron chi connectivity index (χ2n) is 26.3. The van der Waals surface area contributed by atoms with Crippen LogP contribution in [0.2, 0.25) is 35.2 Å². The number of carbonyl (C=O) groups is 1. The summed E-state index contributed by atoms with van der Waals surface area (Å²) in [5, 5.41) is 30.7. The molecule has 2 N–H and O–H groups in total. The predicted molar refractivity (Wildman–Crippen MR) is 477 cm³/mol. The molecular weight excluding hydrogens is 1670 g/mol. The lowest BCUT2D eigenvalue weighted by molar-refractivity contribution is -0.137. The lowest BCUT2D eigenvalue weighted by atomic mass is 10.2. The van der Waals surface area contributed by atoms with E-state index in [-0.39, 0.29) is 24.5 Å². The summed E-state index contributed by atoms with van der Waals surface area (Å²) in [6, 6.07) is 105. The van der Waals surface area contributed by atoms with Crippen molar-refractivity contribution in [3.05, 3.63) is 453 Å². The van der Waals surface area contributed by atoms with Crippen LogP contribution >= 0.6 is 81.2 Å². The van der Waals surface area contributed by atoms with Crippen LogP contribution in [0.1, 0.15) is 89.6 Å². The number of carboxylic acid groups (broad SMARTS) is 1. The van der Waals surface area contributed by atoms with Crippen LogP contribution in [0.25, 0.3) is 0 Å². The van der Waals surface area contributed by atoms with Crippen LogP contribution < -0.4 is 33.2 Å². The Bertz CT molecular complexity index is 5310. The van der Waals surface area contributed by atoms with Gasteiger partial charge < -0.3 is 43.4 Å². The summed E-state index contributed by atoms with van der Waals surface area (Å²) in [4.78, 5) is 10.7. The third-order valence-electron chi connectivity index (χ3n) is 17.0. The number of ether oxygens (including phenoxy) is 7. The summed E-state index contributed by atoms with van der Waals surface area (Å²) in [6.07, 6.45) is -3.30. The average molecular weight is 1750 g/mol. The van der Waals surface area contributed by atoms with Gasteiger partial charge in [0.05, 0.1) is 49.5 Å². The second-order valence-corrected chi connectivity index (χ2v) is 29.2. The molecule has 21 heteroatoms. The van der Waals surface area contributed by atoms with E-state index in [1.54, 1.807) is 78.9 Å². The molecule has 0 fully saturated rings. The van der Waals surface area contributed by atoms with E-state index in [4.69, 9.17) is 130 Å². The molecule has 0 atom stereocenters. The number of hydrogen-bond donors (Lipinski definition) is 2. The Labute approximate surface area is 733 Å². The molecule has 0 saturated heterocycles. The van der Waals surface area contributed by atoms with Crippen molar-refractivity contribution in [2.75, 3.05) is 0 Å². The van der Waals surface area contributed by atoms with Crippen molar-refractivity contribution in [3.63, 3.8) is 0 Å². The Morgan fingerprint density at radius 2 is 0.683 bits per heavy atom. The minimum absolute atomic E-state index is 0.0171. The van der Waals surface area contributed by atoms with E-state index >= 15 is 0 Å². The number of aromatic carboxylic acids is 1. The quantitative estimate of drug-likeness (QED) is 0.0596. The molecule has 120 heavy (non-hydrogen) atoms. The summed E-state index contributed by atoms with van der Waals surface area (Å²) in [5.41, 5.74) is 12.1. The number of benzene rings is 14. The number of nitriles is 1. The lowest BCUT2D eigenvalue weighted by Crippen LogP contribution is -2.05. The van der Waals surface area contributed by atoms with Gasteiger partial charge in [0, 0.05) is 26.7 Å². The molecule has 0 heterocycles. The van der Waals surface area contributed by atoms with E-state index in [0.717, 1.165) is 69.2 Å². The standard InChI is InChI=1S/2C15H16O.C14H10ClNO.C14H11ClO3.C14H13ClO2.C14H11F3O.C13H8Cl4O/c1-12-3-7-14(8-4-12)11-16-15-9-5-13(2)6-10-15;1-2-13-9-6-10-15(11-13)16-12-14-7-4-3-5-8-14;15-13-5-1-12(2-6-13)10-17-14-7-3-11(9-16)4-8-14;15-12-5-1-10(2-6-12)9-18-13-7-3-11(4-8-13)14(16)17;15-13-7-5-11(6-8-13)10-17-14-4-2-1-3-12(14)9-16;15-14(16,17)12-7-4-8-13(9-12)18-10-11-5-2-1-3-6-11;14-10-3-1-8(5-12(10)16)7-18-9-2-4-11(15)13(17)6-9/h3-10H,11H2,1-2H3;3-11H,2,12H2,1H3;1-8H,10H2;1-8H,9H2,(H,16,17);1-8,16H,9-10H2;1-9H,10H2;1-6H,7H2. The van der Waals surface area contributed by atoms with Crippen LogP contribution in [0.15, 0.2) is 340 Å². The fourth-order valence-corrected chi connectivity index (χ4v) is 11.3. The molecule has 0 spiro atoms. The Morgan fingerprint density at radius 1 is 0.342 bits per heavy atom. The molecule has 0 aliphatic carbocycles. The van der Waals surface area contributed by atoms with Gasteiger partial charge in [0.15, 0.2) is 0 Å². The van der Waals surface area contributed by atoms with Gasteiger partial charge in [0.2, 0.25) is 0 Å². The van der Waals surface area contributed by atoms with Crippen molar-refractivity contribution < 1.29 is 61.3 Å². The Hall–Kier alpha value is -11.6. The molecule has 14 aromatic rings. The number of aryl methyl sites for hydroxylation is 3. The molecular formula is C99H85Cl7F3NO10. The Balaban J connectivity index is 0.000000174. The van der Waals surface area contributed by atoms with E-state index in [0.29, 0.717) is 97.6 Å². The molecule has 0 unspecified atom stereocenters. The largest absolute Gasteiger partial charge is 0.489 e. The lowest BCUT2D eigenvalue weighted by Gasteiger charge is -2.10. The van der Waals surface area contributed by atoms with Crippen molar-refractivity contribution in [1.29, 1.82) is 5.26 Å². The van der Waals surface area contributed by atoms with Gasteiger partial charge in [0.1, 0.15) is 86.5 Å². The number of carboxylic acids is 1. The molecule has 11 nitrogen and oxygen atoms in total. The highest BCUT2D eigenvalue weighted by molar-refractivity contribution is 6.42. The molecule has 616 valence electrons. The van der Waals surface area contributed by atoms with Crippen molar-refractivity contribution >= 4 is 87.2 Å². The Kier molecular flexibility index (Phi) is 39.9. The number of alkyl halides is 3. The van der Waals surface area contributed by atoms with Crippen molar-refractivity contribution in [3.8, 4) is 46.3 Å². The van der Waals surface area contributed by atoms with E-state index < -0.39 is 17.7 Å². The fraction of sp³-hybridized carbons (Fsp3) is 0.131. The number of aliphatic hydroxyl groups excluding tert-OH is 1. The van der Waals surface area contributed by atoms with Crippen molar-refractivity contribution in [2.24, 2.45) is 0 Å². The molecule has 0 aliphatic heterocycles. The van der Waals surface area contributed by atoms with Gasteiger partial charge in [-0.3, -0.25) is 0 Å². The topological polar surface area (TPSA) is 146 Å². The zero-order valence-electron chi connectivity index (χ0n) is 65.6. The normalized spacial score (nSPS) is 10.3. The maximum absolute atomic E-state index is 12.5. The highest BCUT2D eigenvalue weighted by atomic mass is 35.5. The van der Waals surface area contributed by atoms with Gasteiger partial charge in [-0.25, -0.2) is 4.79 Å². The van der Waals surface area contributed by atoms with Gasteiger partial charge in [-0.1, -0.05) is 275 Å². The molecule has 0 aliphatic rings. The minimum atomic E-state index is -4.34. The number of halogens is 10. The highest BCUT2D eigenvalue weighted by Crippen LogP contribution is 2.33. The van der Waals surface area contributed by atoms with E-state index in [9.17, 15) is 18.0 Å². The van der Waals surface area contributed by atoms with Crippen LogP contribution in [0, 0.1) is 25.2 Å². The van der Waals surface area contributed by atoms with Crippen LogP contribution in [0.4, 0.5) is 13.2 Å². The third-order valence-corrected chi connectivity index (χ3v) is 19.2. The first-order valence-electron chi connectivity index (χ1n) is 37.5. The molecule has 0 radical (unpaired) electrons. The average Bonchev–Trinajstić information content (AvgIpc) is 0.871. The number of para-hydroxylation sites is 1. The van der Waals surface area contributed by atoms with Crippen molar-refractivity contribution in [2.45, 2.75) is 86.2 Å². The monoisotopic (exact) mass is 1750 g/mol. The summed E-state index contributed by atoms with van der Waals surface area (Å²) in [5.74, 6) is 3.89. The molecule has 0 saturated carbocycles. The van der Waals surface area contributed by atoms with Gasteiger partial charge in [-0.05, 0) is 223 Å². The number of rotatable bonds is 24. The highest BCUT2D eigenvalue weighted by Gasteiger charge is 2.30. The zero-order valence-corrected chi connectivity index (χ0v) is 70.9. The first kappa shape index (κ1) is 93.9. The maximum atomic E-state index is 12.5. The molecule has 0 aromatic heterocycles. The predicted octanol–water partition coefficient (Wildman–Crippen LogP) is 28.7. The van der Waals surface area contributed by atoms with Crippen LogP contribution in [0.3, 0.4) is 0 Å². The maximum Gasteiger partial charge on any atom is 0.416 e. The summed E-state index contributed by atoms with van der Waals surface area (Å²) in [7, 11) is 0. The Morgan fingerprint density at radius 3 is 1.12 bits per heavy atom. The summed E-state index contributed by atoms with van der Waals surface area (Å²) in [6.45, 7) is 9.57. The van der Waals surface area contributed by atoms with Gasteiger partial charge in [-0.15, -0.1) is 0 Å². The number of nitrogens with zero attached hydrogens (tertiary/aromatic N) is 1. The molecule has 14 aromatic carbocycles. The first-order valence-corrected chi connectivity index (χ1v) is 40.1. The smallest absolute Gasteiger partial charge is 0.416 e. The first-order chi connectivity index (χ1) is 57.9. The fourth-order valence-electron chi connectivity index (χ4n) is 10.3. The number of hydrogen-bond acceptors (Lipinski definition) is 10. The van der Waals surface area contributed by atoms with Crippen molar-refractivity contribution in [1.82, 2.24) is 0 Å². The summed E-state index contributed by atoms with van der Waals surface area (Å²) >= 11 is 40.8. The minimum Gasteiger partial charge on any atom is -0.489 e. The van der Waals surface area contributed by atoms with Gasteiger partial charge in [-0.2, -0.15) is 18.4 Å². The van der Waals surface area contributed by atoms with Gasteiger partial charge in [0.25, 0.3) is 0 Å². The van der Waals surface area contributed by atoms with Crippen LogP contribution in [-0.4, -0.2) is 16.2 Å². The second kappa shape index (κ2) is 51.0. The SMILES string of the molecule is CCc1cccc(OCc2ccccc2)c1.Cc1ccc(COc2ccc(C)cc2)cc1.Clc1ccc(COc2ccc(Cl)c(Cl)c2)cc1Cl.FC(F)(F)c1cccc(OCc2ccccc2)c1.N#Cc1ccc(OCc2ccc(Cl)cc2)cc1.O=C(O)c1ccc(OCc2ccc(Cl)cc2)cc1.OCc1ccccc1OCc1ccc(Cl)cc1. The molecule has 14 rings (SSSR count). The third kappa shape index (κ3) is 35.5. The van der Waals surface area contributed by atoms with Crippen LogP contribution in [0.5, 0.6) is 40.2 Å². The van der Waals surface area contributed by atoms with E-state index in [1.807, 2.05) is 164 Å². The molecule has 0 amide bonds. The number of aliphatic hydroxyl groups is 1. The van der Waals surface area contributed by atoms with Gasteiger partial charge >= 0.3 is 12.1 Å². The zero-order chi connectivity index (χ0) is 85.9.